The van der Waals surface area contributed by atoms with Gasteiger partial charge in [-0.25, -0.2) is 4.79 Å². The maximum absolute atomic E-state index is 12.3. The first-order valence-electron chi connectivity index (χ1n) is 7.71. The van der Waals surface area contributed by atoms with Gasteiger partial charge in [0.05, 0.1) is 12.0 Å². The second-order valence-corrected chi connectivity index (χ2v) is 8.02. The van der Waals surface area contributed by atoms with Gasteiger partial charge in [-0.2, -0.15) is 0 Å². The van der Waals surface area contributed by atoms with Crippen molar-refractivity contribution in [2.75, 3.05) is 12.4 Å². The molecule has 1 unspecified atom stereocenters. The van der Waals surface area contributed by atoms with Crippen molar-refractivity contribution in [1.82, 2.24) is 0 Å². The Morgan fingerprint density at radius 1 is 1.25 bits per heavy atom. The summed E-state index contributed by atoms with van der Waals surface area (Å²) in [5.74, 6) is -0.651. The zero-order chi connectivity index (χ0) is 17.7. The van der Waals surface area contributed by atoms with E-state index in [1.807, 2.05) is 30.8 Å². The van der Waals surface area contributed by atoms with Gasteiger partial charge in [0, 0.05) is 15.8 Å². The van der Waals surface area contributed by atoms with Crippen LogP contribution in [0, 0.1) is 6.92 Å². The fraction of sp³-hybridized carbons (Fsp3) is 0.333. The Hall–Kier alpha value is -1.79. The minimum atomic E-state index is -0.429. The standard InChI is InChI=1S/C18H21NO3S2/c1-5-12(3)23-13-6-7-14(11(2)10-13)19-17(20)15-8-9-16(24-15)18(21)22-4/h6-10,12H,5H2,1-4H3,(H,19,20). The fourth-order valence-electron chi connectivity index (χ4n) is 2.02. The zero-order valence-electron chi connectivity index (χ0n) is 14.2. The third-order valence-corrected chi connectivity index (χ3v) is 5.90. The van der Waals surface area contributed by atoms with Crippen molar-refractivity contribution in [2.24, 2.45) is 0 Å². The van der Waals surface area contributed by atoms with Crippen LogP contribution in [0.2, 0.25) is 0 Å². The van der Waals surface area contributed by atoms with Gasteiger partial charge < -0.3 is 10.1 Å². The molecule has 6 heteroatoms. The van der Waals surface area contributed by atoms with E-state index in [4.69, 9.17) is 0 Å². The van der Waals surface area contributed by atoms with Crippen LogP contribution < -0.4 is 5.32 Å². The summed E-state index contributed by atoms with van der Waals surface area (Å²) < 4.78 is 4.66. The molecule has 1 amide bonds. The highest BCUT2D eigenvalue weighted by atomic mass is 32.2. The molecule has 0 fully saturated rings. The van der Waals surface area contributed by atoms with E-state index >= 15 is 0 Å². The molecule has 0 aliphatic rings. The van der Waals surface area contributed by atoms with E-state index in [0.717, 1.165) is 29.0 Å². The molecule has 0 spiro atoms. The number of carbonyl (C=O) groups excluding carboxylic acids is 2. The van der Waals surface area contributed by atoms with Crippen LogP contribution in [-0.4, -0.2) is 24.2 Å². The topological polar surface area (TPSA) is 55.4 Å². The lowest BCUT2D eigenvalue weighted by Gasteiger charge is -2.12. The van der Waals surface area contributed by atoms with Gasteiger partial charge in [0.1, 0.15) is 4.88 Å². The van der Waals surface area contributed by atoms with Gasteiger partial charge in [0.2, 0.25) is 0 Å². The Labute approximate surface area is 150 Å². The number of carbonyl (C=O) groups is 2. The number of methoxy groups -OCH3 is 1. The molecule has 24 heavy (non-hydrogen) atoms. The number of thioether (sulfide) groups is 1. The molecule has 0 aliphatic heterocycles. The molecule has 0 aliphatic carbocycles. The van der Waals surface area contributed by atoms with Crippen LogP contribution >= 0.6 is 23.1 Å². The summed E-state index contributed by atoms with van der Waals surface area (Å²) >= 11 is 2.95. The monoisotopic (exact) mass is 363 g/mol. The summed E-state index contributed by atoms with van der Waals surface area (Å²) in [4.78, 5) is 25.9. The molecule has 0 saturated heterocycles. The van der Waals surface area contributed by atoms with Crippen molar-refractivity contribution < 1.29 is 14.3 Å². The van der Waals surface area contributed by atoms with E-state index in [0.29, 0.717) is 15.0 Å². The van der Waals surface area contributed by atoms with Crippen molar-refractivity contribution in [1.29, 1.82) is 0 Å². The van der Waals surface area contributed by atoms with E-state index in [-0.39, 0.29) is 5.91 Å². The van der Waals surface area contributed by atoms with Crippen molar-refractivity contribution in [3.05, 3.63) is 45.6 Å². The Bertz CT molecular complexity index is 740. The largest absolute Gasteiger partial charge is 0.465 e. The lowest BCUT2D eigenvalue weighted by atomic mass is 10.2. The number of rotatable bonds is 6. The van der Waals surface area contributed by atoms with Crippen molar-refractivity contribution in [2.45, 2.75) is 37.3 Å². The number of ether oxygens (including phenoxy) is 1. The maximum Gasteiger partial charge on any atom is 0.348 e. The molecule has 0 bridgehead atoms. The Morgan fingerprint density at radius 2 is 1.96 bits per heavy atom. The highest BCUT2D eigenvalue weighted by molar-refractivity contribution is 7.99. The van der Waals surface area contributed by atoms with Gasteiger partial charge in [0.15, 0.2) is 0 Å². The number of amides is 1. The Morgan fingerprint density at radius 3 is 2.58 bits per heavy atom. The number of hydrogen-bond acceptors (Lipinski definition) is 5. The normalized spacial score (nSPS) is 11.8. The molecule has 4 nitrogen and oxygen atoms in total. The summed E-state index contributed by atoms with van der Waals surface area (Å²) in [5.41, 5.74) is 1.79. The average molecular weight is 364 g/mol. The molecule has 1 aromatic heterocycles. The minimum absolute atomic E-state index is 0.222. The number of nitrogens with one attached hydrogen (secondary N) is 1. The molecule has 0 saturated carbocycles. The Balaban J connectivity index is 2.08. The van der Waals surface area contributed by atoms with Crippen molar-refractivity contribution in [3.63, 3.8) is 0 Å². The summed E-state index contributed by atoms with van der Waals surface area (Å²) in [6.45, 7) is 6.35. The number of aryl methyl sites for hydroxylation is 1. The van der Waals surface area contributed by atoms with Crippen LogP contribution in [0.5, 0.6) is 0 Å². The summed E-state index contributed by atoms with van der Waals surface area (Å²) in [5, 5.41) is 3.46. The van der Waals surface area contributed by atoms with E-state index in [1.54, 1.807) is 12.1 Å². The van der Waals surface area contributed by atoms with Crippen LogP contribution in [0.15, 0.2) is 35.2 Å². The van der Waals surface area contributed by atoms with Crippen LogP contribution in [-0.2, 0) is 4.74 Å². The predicted octanol–water partition coefficient (Wildman–Crippen LogP) is 4.99. The number of anilines is 1. The summed E-state index contributed by atoms with van der Waals surface area (Å²) in [7, 11) is 1.32. The molecule has 1 aromatic carbocycles. The lowest BCUT2D eigenvalue weighted by molar-refractivity contribution is 0.0606. The van der Waals surface area contributed by atoms with Crippen LogP contribution in [0.3, 0.4) is 0 Å². The third-order valence-electron chi connectivity index (χ3n) is 3.57. The first kappa shape index (κ1) is 18.5. The SMILES string of the molecule is CCC(C)Sc1ccc(NC(=O)c2ccc(C(=O)OC)s2)c(C)c1. The second kappa shape index (κ2) is 8.35. The van der Waals surface area contributed by atoms with Gasteiger partial charge >= 0.3 is 5.97 Å². The number of benzene rings is 1. The molecule has 128 valence electrons. The minimum Gasteiger partial charge on any atom is -0.465 e. The highest BCUT2D eigenvalue weighted by Crippen LogP contribution is 2.29. The first-order chi connectivity index (χ1) is 11.4. The average Bonchev–Trinajstić information content (AvgIpc) is 3.06. The fourth-order valence-corrected chi connectivity index (χ4v) is 3.86. The molecular formula is C18H21NO3S2. The van der Waals surface area contributed by atoms with Crippen LogP contribution in [0.4, 0.5) is 5.69 Å². The van der Waals surface area contributed by atoms with Crippen LogP contribution in [0.25, 0.3) is 0 Å². The van der Waals surface area contributed by atoms with Gasteiger partial charge in [0.25, 0.3) is 5.91 Å². The second-order valence-electron chi connectivity index (χ2n) is 5.42. The number of thiophene rings is 1. The zero-order valence-corrected chi connectivity index (χ0v) is 15.8. The molecule has 2 rings (SSSR count). The summed E-state index contributed by atoms with van der Waals surface area (Å²) in [6, 6.07) is 9.26. The number of hydrogen-bond donors (Lipinski definition) is 1. The molecule has 1 N–H and O–H groups in total. The molecule has 2 aromatic rings. The van der Waals surface area contributed by atoms with E-state index in [1.165, 1.54) is 12.0 Å². The van der Waals surface area contributed by atoms with E-state index in [2.05, 4.69) is 30.0 Å². The van der Waals surface area contributed by atoms with Crippen LogP contribution in [0.1, 0.15) is 45.2 Å². The maximum atomic E-state index is 12.3. The first-order valence-corrected chi connectivity index (χ1v) is 9.41. The summed E-state index contributed by atoms with van der Waals surface area (Å²) in [6.07, 6.45) is 1.11. The quantitative estimate of drug-likeness (QED) is 0.580. The molecular weight excluding hydrogens is 342 g/mol. The predicted molar refractivity (Wildman–Crippen MR) is 100 cm³/mol. The van der Waals surface area contributed by atoms with Gasteiger partial charge in [-0.1, -0.05) is 13.8 Å². The smallest absolute Gasteiger partial charge is 0.348 e. The number of esters is 1. The van der Waals surface area contributed by atoms with Crippen molar-refractivity contribution >= 4 is 40.7 Å². The van der Waals surface area contributed by atoms with Gasteiger partial charge in [-0.3, -0.25) is 4.79 Å². The van der Waals surface area contributed by atoms with Gasteiger partial charge in [-0.15, -0.1) is 23.1 Å². The highest BCUT2D eigenvalue weighted by Gasteiger charge is 2.15. The van der Waals surface area contributed by atoms with Crippen molar-refractivity contribution in [3.8, 4) is 0 Å². The third kappa shape index (κ3) is 4.61. The molecule has 1 heterocycles. The molecule has 1 atom stereocenters. The Kier molecular flexibility index (Phi) is 6.45. The van der Waals surface area contributed by atoms with E-state index < -0.39 is 5.97 Å². The van der Waals surface area contributed by atoms with E-state index in [9.17, 15) is 9.59 Å². The lowest BCUT2D eigenvalue weighted by Crippen LogP contribution is -2.11. The molecule has 0 radical (unpaired) electrons. The van der Waals surface area contributed by atoms with Gasteiger partial charge in [-0.05, 0) is 49.2 Å².